The molecule has 1 rings (SSSR count). The normalized spacial score (nSPS) is 11.9. The zero-order valence-electron chi connectivity index (χ0n) is 10.0. The van der Waals surface area contributed by atoms with Crippen LogP contribution in [-0.4, -0.2) is 34.2 Å². The second-order valence-electron chi connectivity index (χ2n) is 3.71. The lowest BCUT2D eigenvalue weighted by atomic mass is 10.2. The number of aromatic nitrogens is 2. The second kappa shape index (κ2) is 6.67. The average Bonchev–Trinajstić information content (AvgIpc) is 2.33. The first kappa shape index (κ1) is 13.2. The first-order chi connectivity index (χ1) is 8.13. The first-order valence-electron chi connectivity index (χ1n) is 5.55. The van der Waals surface area contributed by atoms with E-state index in [1.807, 2.05) is 6.92 Å². The van der Waals surface area contributed by atoms with Crippen LogP contribution in [-0.2, 0) is 4.79 Å². The number of ether oxygens (including phenoxy) is 1. The van der Waals surface area contributed by atoms with E-state index in [0.717, 1.165) is 6.42 Å². The van der Waals surface area contributed by atoms with Gasteiger partial charge in [-0.05, 0) is 6.42 Å². The number of hydrogen-bond donors (Lipinski definition) is 2. The predicted molar refractivity (Wildman–Crippen MR) is 63.1 cm³/mol. The molecule has 0 aromatic carbocycles. The number of nitrogens with zero attached hydrogens (tertiary/aromatic N) is 2. The van der Waals surface area contributed by atoms with Crippen molar-refractivity contribution in [3.63, 3.8) is 0 Å². The van der Waals surface area contributed by atoms with Crippen LogP contribution in [0, 0.1) is 5.92 Å². The Hall–Kier alpha value is -1.85. The van der Waals surface area contributed by atoms with Crippen LogP contribution in [0.2, 0.25) is 0 Å². The van der Waals surface area contributed by atoms with Gasteiger partial charge in [-0.1, -0.05) is 13.8 Å². The number of anilines is 1. The SMILES string of the molecule is CCCOc1cncc(NCC(C)C(=O)O)n1. The first-order valence-corrected chi connectivity index (χ1v) is 5.55. The standard InChI is InChI=1S/C11H17N3O3/c1-3-4-17-10-7-12-6-9(14-10)13-5-8(2)11(15)16/h6-8H,3-5H2,1-2H3,(H,13,14)(H,15,16). The second-order valence-corrected chi connectivity index (χ2v) is 3.71. The zero-order valence-corrected chi connectivity index (χ0v) is 10.0. The summed E-state index contributed by atoms with van der Waals surface area (Å²) in [6.07, 6.45) is 3.96. The maximum absolute atomic E-state index is 10.6. The van der Waals surface area contributed by atoms with Crippen LogP contribution < -0.4 is 10.1 Å². The molecule has 0 spiro atoms. The Morgan fingerprint density at radius 2 is 2.35 bits per heavy atom. The third kappa shape index (κ3) is 4.67. The third-order valence-corrected chi connectivity index (χ3v) is 2.08. The molecule has 1 aromatic heterocycles. The van der Waals surface area contributed by atoms with Crippen molar-refractivity contribution in [3.05, 3.63) is 12.4 Å². The van der Waals surface area contributed by atoms with Gasteiger partial charge in [-0.2, -0.15) is 4.98 Å². The van der Waals surface area contributed by atoms with Gasteiger partial charge in [0.25, 0.3) is 0 Å². The summed E-state index contributed by atoms with van der Waals surface area (Å²) in [6.45, 7) is 4.52. The Morgan fingerprint density at radius 1 is 1.59 bits per heavy atom. The number of hydrogen-bond acceptors (Lipinski definition) is 5. The Labute approximate surface area is 100 Å². The lowest BCUT2D eigenvalue weighted by molar-refractivity contribution is -0.140. The molecule has 1 aromatic rings. The predicted octanol–water partition coefficient (Wildman–Crippen LogP) is 1.40. The van der Waals surface area contributed by atoms with Crippen LogP contribution in [0.1, 0.15) is 20.3 Å². The molecule has 6 heteroatoms. The summed E-state index contributed by atoms with van der Waals surface area (Å²) in [6, 6.07) is 0. The summed E-state index contributed by atoms with van der Waals surface area (Å²) < 4.78 is 5.32. The molecule has 1 unspecified atom stereocenters. The molecule has 2 N–H and O–H groups in total. The van der Waals surface area contributed by atoms with Gasteiger partial charge in [-0.3, -0.25) is 9.78 Å². The molecule has 0 fully saturated rings. The molecule has 0 aliphatic heterocycles. The van der Waals surface area contributed by atoms with Gasteiger partial charge in [0, 0.05) is 6.54 Å². The number of carboxylic acids is 1. The van der Waals surface area contributed by atoms with E-state index in [9.17, 15) is 4.79 Å². The van der Waals surface area contributed by atoms with Gasteiger partial charge in [-0.15, -0.1) is 0 Å². The van der Waals surface area contributed by atoms with Crippen molar-refractivity contribution in [2.24, 2.45) is 5.92 Å². The van der Waals surface area contributed by atoms with Crippen LogP contribution in [0.3, 0.4) is 0 Å². The van der Waals surface area contributed by atoms with Crippen LogP contribution >= 0.6 is 0 Å². The zero-order chi connectivity index (χ0) is 12.7. The largest absolute Gasteiger partial charge is 0.481 e. The van der Waals surface area contributed by atoms with Crippen LogP contribution in [0.4, 0.5) is 5.82 Å². The van der Waals surface area contributed by atoms with Crippen molar-refractivity contribution in [3.8, 4) is 5.88 Å². The smallest absolute Gasteiger partial charge is 0.308 e. The van der Waals surface area contributed by atoms with Gasteiger partial charge in [0.1, 0.15) is 5.82 Å². The van der Waals surface area contributed by atoms with Gasteiger partial charge in [0.05, 0.1) is 24.9 Å². The van der Waals surface area contributed by atoms with E-state index in [1.165, 1.54) is 12.4 Å². The summed E-state index contributed by atoms with van der Waals surface area (Å²) in [7, 11) is 0. The molecule has 1 atom stereocenters. The van der Waals surface area contributed by atoms with E-state index in [-0.39, 0.29) is 0 Å². The van der Waals surface area contributed by atoms with Gasteiger partial charge in [0.15, 0.2) is 0 Å². The number of rotatable bonds is 7. The molecule has 6 nitrogen and oxygen atoms in total. The summed E-state index contributed by atoms with van der Waals surface area (Å²) in [5, 5.41) is 11.6. The van der Waals surface area contributed by atoms with E-state index in [2.05, 4.69) is 15.3 Å². The van der Waals surface area contributed by atoms with Crippen LogP contribution in [0.25, 0.3) is 0 Å². The Kier molecular flexibility index (Phi) is 5.19. The van der Waals surface area contributed by atoms with Crippen LogP contribution in [0.15, 0.2) is 12.4 Å². The fourth-order valence-electron chi connectivity index (χ4n) is 1.05. The van der Waals surface area contributed by atoms with Crippen molar-refractivity contribution in [2.75, 3.05) is 18.5 Å². The Bertz CT molecular complexity index is 371. The monoisotopic (exact) mass is 239 g/mol. The highest BCUT2D eigenvalue weighted by Crippen LogP contribution is 2.09. The number of carbonyl (C=O) groups is 1. The number of carboxylic acid groups (broad SMARTS) is 1. The Morgan fingerprint density at radius 3 is 3.00 bits per heavy atom. The maximum atomic E-state index is 10.6. The molecular weight excluding hydrogens is 222 g/mol. The summed E-state index contributed by atoms with van der Waals surface area (Å²) in [5.74, 6) is -0.354. The van der Waals surface area contributed by atoms with Gasteiger partial charge in [0.2, 0.25) is 5.88 Å². The van der Waals surface area contributed by atoms with Gasteiger partial charge in [-0.25, -0.2) is 0 Å². The maximum Gasteiger partial charge on any atom is 0.308 e. The van der Waals surface area contributed by atoms with Crippen molar-refractivity contribution >= 4 is 11.8 Å². The molecule has 0 aliphatic rings. The molecule has 0 amide bonds. The highest BCUT2D eigenvalue weighted by molar-refractivity contribution is 5.70. The molecule has 0 bridgehead atoms. The lowest BCUT2D eigenvalue weighted by Gasteiger charge is -2.09. The van der Waals surface area contributed by atoms with E-state index in [4.69, 9.17) is 9.84 Å². The van der Waals surface area contributed by atoms with E-state index in [0.29, 0.717) is 24.8 Å². The fourth-order valence-corrected chi connectivity index (χ4v) is 1.05. The number of nitrogens with one attached hydrogen (secondary N) is 1. The fraction of sp³-hybridized carbons (Fsp3) is 0.545. The van der Waals surface area contributed by atoms with E-state index in [1.54, 1.807) is 6.92 Å². The molecule has 0 radical (unpaired) electrons. The van der Waals surface area contributed by atoms with Crippen LogP contribution in [0.5, 0.6) is 5.88 Å². The topological polar surface area (TPSA) is 84.3 Å². The quantitative estimate of drug-likeness (QED) is 0.748. The number of aliphatic carboxylic acids is 1. The molecule has 1 heterocycles. The van der Waals surface area contributed by atoms with Crippen molar-refractivity contribution in [1.82, 2.24) is 9.97 Å². The van der Waals surface area contributed by atoms with Crippen molar-refractivity contribution in [2.45, 2.75) is 20.3 Å². The molecule has 0 saturated heterocycles. The van der Waals surface area contributed by atoms with Crippen molar-refractivity contribution in [1.29, 1.82) is 0 Å². The minimum Gasteiger partial charge on any atom is -0.481 e. The summed E-state index contributed by atoms with van der Waals surface area (Å²) in [5.41, 5.74) is 0. The molecule has 94 valence electrons. The van der Waals surface area contributed by atoms with Gasteiger partial charge < -0.3 is 15.2 Å². The highest BCUT2D eigenvalue weighted by atomic mass is 16.5. The summed E-state index contributed by atoms with van der Waals surface area (Å²) >= 11 is 0. The molecule has 0 aliphatic carbocycles. The van der Waals surface area contributed by atoms with Gasteiger partial charge >= 0.3 is 5.97 Å². The van der Waals surface area contributed by atoms with Crippen molar-refractivity contribution < 1.29 is 14.6 Å². The molecular formula is C11H17N3O3. The third-order valence-electron chi connectivity index (χ3n) is 2.08. The lowest BCUT2D eigenvalue weighted by Crippen LogP contribution is -2.20. The minimum atomic E-state index is -0.844. The van der Waals surface area contributed by atoms with E-state index >= 15 is 0 Å². The Balaban J connectivity index is 2.50. The highest BCUT2D eigenvalue weighted by Gasteiger charge is 2.10. The molecule has 0 saturated carbocycles. The average molecular weight is 239 g/mol. The van der Waals surface area contributed by atoms with E-state index < -0.39 is 11.9 Å². The summed E-state index contributed by atoms with van der Waals surface area (Å²) in [4.78, 5) is 18.7. The minimum absolute atomic E-state index is 0.307. The molecule has 17 heavy (non-hydrogen) atoms.